The lowest BCUT2D eigenvalue weighted by molar-refractivity contribution is -0.143. The number of aliphatic hydroxyl groups excluding tert-OH is 1. The molecule has 20 nitrogen and oxygen atoms in total. The van der Waals surface area contributed by atoms with Crippen molar-refractivity contribution in [2.45, 2.75) is 84.0 Å². The van der Waals surface area contributed by atoms with Crippen LogP contribution in [0.25, 0.3) is 10.4 Å². The van der Waals surface area contributed by atoms with Gasteiger partial charge in [0, 0.05) is 42.9 Å². The third-order valence-electron chi connectivity index (χ3n) is 14.4. The fourth-order valence-corrected chi connectivity index (χ4v) is 11.0. The first kappa shape index (κ1) is 62.5. The van der Waals surface area contributed by atoms with Crippen LogP contribution in [0.4, 0.5) is 29.3 Å². The van der Waals surface area contributed by atoms with E-state index >= 15 is 0 Å². The molecule has 0 spiro atoms. The summed E-state index contributed by atoms with van der Waals surface area (Å²) in [5, 5.41) is 22.9. The number of aromatic nitrogens is 1. The Morgan fingerprint density at radius 2 is 1.43 bits per heavy atom. The van der Waals surface area contributed by atoms with Gasteiger partial charge in [0.2, 0.25) is 11.8 Å². The van der Waals surface area contributed by atoms with E-state index in [0.717, 1.165) is 33.8 Å². The number of nitrogens with zero attached hydrogens (tertiary/aromatic N) is 6. The van der Waals surface area contributed by atoms with Gasteiger partial charge < -0.3 is 53.4 Å². The lowest BCUT2D eigenvalue weighted by Gasteiger charge is -2.35. The molecule has 0 saturated carbocycles. The van der Waals surface area contributed by atoms with Crippen LogP contribution in [0.5, 0.6) is 11.5 Å². The predicted octanol–water partition coefficient (Wildman–Crippen LogP) is 7.56. The first-order valence-corrected chi connectivity index (χ1v) is 28.4. The standard InChI is InChI=1S/C60H68F3N7O13S/c1-38(2)52(68-35-43-8-6-7-9-48(43)55(68)73)56(74)67-36-46(71)32-50(67)54(72)65-34-42-11-10-40(53-39(3)66-37-84-53)30-51(42)83-29-27-81-25-23-79-21-19-77-18-20-78-22-24-80-26-28-82-47-16-14-44(15-17-47)70-58(76)69(57(75)59(70,4)5)45-13-12-41(33-64)49(31-45)60(61,62)63/h6-17,30-31,37-38,46,50,52,71H,18-29,32,34-36H2,1-5H3,(H,65,72)/t46-,50+,52?/m1/s1. The minimum Gasteiger partial charge on any atom is -0.491 e. The smallest absolute Gasteiger partial charge is 0.417 e. The Kier molecular flexibility index (Phi) is 21.1. The summed E-state index contributed by atoms with van der Waals surface area (Å²) in [6, 6.07) is 20.9. The minimum atomic E-state index is -4.87. The van der Waals surface area contributed by atoms with Gasteiger partial charge in [-0.05, 0) is 92.4 Å². The number of carbonyl (C=O) groups excluding carboxylic acids is 5. The summed E-state index contributed by atoms with van der Waals surface area (Å²) in [5.41, 5.74) is 2.36. The maximum Gasteiger partial charge on any atom is 0.417 e. The monoisotopic (exact) mass is 1180 g/mol. The highest BCUT2D eigenvalue weighted by Crippen LogP contribution is 2.40. The van der Waals surface area contributed by atoms with E-state index in [0.29, 0.717) is 92.1 Å². The highest BCUT2D eigenvalue weighted by molar-refractivity contribution is 7.13. The molecule has 0 bridgehead atoms. The van der Waals surface area contributed by atoms with Crippen molar-refractivity contribution in [1.29, 1.82) is 5.26 Å². The number of nitriles is 1. The van der Waals surface area contributed by atoms with E-state index in [2.05, 4.69) is 10.3 Å². The van der Waals surface area contributed by atoms with Gasteiger partial charge in [0.05, 0.1) is 111 Å². The predicted molar refractivity (Wildman–Crippen MR) is 302 cm³/mol. The molecule has 2 N–H and O–H groups in total. The molecule has 84 heavy (non-hydrogen) atoms. The molecular formula is C60H68F3N7O13S. The summed E-state index contributed by atoms with van der Waals surface area (Å²) in [4.78, 5) is 78.8. The van der Waals surface area contributed by atoms with Gasteiger partial charge in [-0.2, -0.15) is 18.4 Å². The summed E-state index contributed by atoms with van der Waals surface area (Å²) in [7, 11) is 0. The van der Waals surface area contributed by atoms with E-state index in [-0.39, 0.29) is 75.9 Å². The zero-order valence-electron chi connectivity index (χ0n) is 47.4. The Morgan fingerprint density at radius 3 is 2.01 bits per heavy atom. The third-order valence-corrected chi connectivity index (χ3v) is 15.4. The number of rotatable bonds is 29. The molecule has 1 aromatic heterocycles. The van der Waals surface area contributed by atoms with Crippen molar-refractivity contribution < 1.29 is 75.4 Å². The molecule has 0 aliphatic carbocycles. The second-order valence-electron chi connectivity index (χ2n) is 20.9. The van der Waals surface area contributed by atoms with Crippen LogP contribution in [0.2, 0.25) is 0 Å². The van der Waals surface area contributed by atoms with E-state index in [9.17, 15) is 42.3 Å². The number of halogens is 3. The molecule has 448 valence electrons. The first-order valence-electron chi connectivity index (χ1n) is 27.5. The maximum absolute atomic E-state index is 14.2. The number of likely N-dealkylation sites (tertiary alicyclic amines) is 1. The van der Waals surface area contributed by atoms with E-state index < -0.39 is 58.9 Å². The van der Waals surface area contributed by atoms with Crippen molar-refractivity contribution in [3.63, 3.8) is 0 Å². The summed E-state index contributed by atoms with van der Waals surface area (Å²) in [5.74, 6) is -1.02. The number of benzene rings is 4. The van der Waals surface area contributed by atoms with Crippen LogP contribution in [0.15, 0.2) is 90.4 Å². The normalized spacial score (nSPS) is 17.1. The molecular weight excluding hydrogens is 1120 g/mol. The van der Waals surface area contributed by atoms with Crippen LogP contribution >= 0.6 is 11.3 Å². The van der Waals surface area contributed by atoms with Gasteiger partial charge in [-0.3, -0.25) is 24.1 Å². The van der Waals surface area contributed by atoms with Crippen LogP contribution in [0.3, 0.4) is 0 Å². The lowest BCUT2D eigenvalue weighted by atomic mass is 10.0. The van der Waals surface area contributed by atoms with Crippen molar-refractivity contribution >= 4 is 52.4 Å². The number of hydrogen-bond donors (Lipinski definition) is 2. The number of imide groups is 1. The number of alkyl halides is 3. The first-order chi connectivity index (χ1) is 40.3. The number of fused-ring (bicyclic) bond motifs is 1. The second kappa shape index (κ2) is 28.4. The van der Waals surface area contributed by atoms with E-state index in [1.165, 1.54) is 41.1 Å². The molecule has 3 aliphatic rings. The number of carbonyl (C=O) groups is 5. The number of thiazole rings is 1. The highest BCUT2D eigenvalue weighted by Gasteiger charge is 2.53. The average molecular weight is 1180 g/mol. The zero-order chi connectivity index (χ0) is 60.1. The Bertz CT molecular complexity index is 3170. The Morgan fingerprint density at radius 1 is 0.821 bits per heavy atom. The third kappa shape index (κ3) is 14.9. The quantitative estimate of drug-likeness (QED) is 0.0348. The van der Waals surface area contributed by atoms with Gasteiger partial charge in [0.1, 0.15) is 42.3 Å². The molecule has 6 amide bonds. The van der Waals surface area contributed by atoms with Crippen molar-refractivity contribution in [3.8, 4) is 28.0 Å². The van der Waals surface area contributed by atoms with Gasteiger partial charge in [0.25, 0.3) is 11.8 Å². The number of nitrogens with one attached hydrogen (secondary N) is 1. The van der Waals surface area contributed by atoms with Gasteiger partial charge in [0.15, 0.2) is 0 Å². The van der Waals surface area contributed by atoms with Crippen LogP contribution in [0.1, 0.15) is 72.4 Å². The fraction of sp³-hybridized carbons (Fsp3) is 0.450. The number of aryl methyl sites for hydroxylation is 1. The number of hydrogen-bond acceptors (Lipinski definition) is 16. The molecule has 8 rings (SSSR count). The summed E-state index contributed by atoms with van der Waals surface area (Å²) >= 11 is 1.50. The number of ether oxygens (including phenoxy) is 7. The van der Waals surface area contributed by atoms with Crippen LogP contribution in [-0.4, -0.2) is 159 Å². The van der Waals surface area contributed by atoms with Gasteiger partial charge >= 0.3 is 12.2 Å². The molecule has 5 aromatic rings. The van der Waals surface area contributed by atoms with Crippen LogP contribution < -0.4 is 24.6 Å². The molecule has 0 radical (unpaired) electrons. The lowest BCUT2D eigenvalue weighted by Crippen LogP contribution is -2.55. The van der Waals surface area contributed by atoms with Gasteiger partial charge in [-0.25, -0.2) is 14.7 Å². The average Bonchev–Trinajstić information content (AvgIpc) is 3.36. The largest absolute Gasteiger partial charge is 0.491 e. The van der Waals surface area contributed by atoms with Crippen molar-refractivity contribution in [3.05, 3.63) is 124 Å². The molecule has 4 heterocycles. The van der Waals surface area contributed by atoms with E-state index in [1.54, 1.807) is 46.8 Å². The molecule has 1 unspecified atom stereocenters. The minimum absolute atomic E-state index is 0.0231. The second-order valence-corrected chi connectivity index (χ2v) is 21.7. The molecule has 2 saturated heterocycles. The van der Waals surface area contributed by atoms with Crippen molar-refractivity contribution in [2.24, 2.45) is 5.92 Å². The topological polar surface area (TPSA) is 232 Å². The number of aliphatic hydroxyl groups is 1. The SMILES string of the molecule is Cc1ncsc1-c1ccc(CNC(=O)[C@@H]2C[C@@H](O)CN2C(=O)C(C(C)C)N2Cc3ccccc3C2=O)c(OCCOCCOCCOCCOCCOCCOc2ccc(N3C(=O)N(c4ccc(C#N)c(C(F)(F)F)c4)C(=O)C3(C)C)cc2)c1. The Hall–Kier alpha value is -7.50. The van der Waals surface area contributed by atoms with Gasteiger partial charge in [-0.15, -0.1) is 11.3 Å². The van der Waals surface area contributed by atoms with Crippen molar-refractivity contribution in [2.75, 3.05) is 95.6 Å². The summed E-state index contributed by atoms with van der Waals surface area (Å²) in [6.07, 6.45) is -5.71. The van der Waals surface area contributed by atoms with Gasteiger partial charge in [-0.1, -0.05) is 44.2 Å². The van der Waals surface area contributed by atoms with E-state index in [1.807, 2.05) is 51.1 Å². The van der Waals surface area contributed by atoms with Crippen LogP contribution in [-0.2, 0) is 57.3 Å². The molecule has 24 heteroatoms. The number of urea groups is 1. The molecule has 2 fully saturated rings. The molecule has 4 aromatic carbocycles. The maximum atomic E-state index is 14.2. The number of amides is 6. The Labute approximate surface area is 488 Å². The number of β-amino-alcohol motifs (C(OH)–C–C–N with tert-alkyl or cyclic N) is 1. The van der Waals surface area contributed by atoms with Crippen molar-refractivity contribution in [1.82, 2.24) is 20.1 Å². The summed E-state index contributed by atoms with van der Waals surface area (Å²) in [6.45, 7) is 12.6. The molecule has 3 aliphatic heterocycles. The Balaban J connectivity index is 0.676. The zero-order valence-corrected chi connectivity index (χ0v) is 48.2. The summed E-state index contributed by atoms with van der Waals surface area (Å²) < 4.78 is 81.2. The van der Waals surface area contributed by atoms with E-state index in [4.69, 9.17) is 38.4 Å². The highest BCUT2D eigenvalue weighted by atomic mass is 32.1. The number of anilines is 2. The molecule has 3 atom stereocenters. The van der Waals surface area contributed by atoms with Crippen LogP contribution in [0, 0.1) is 24.2 Å². The fourth-order valence-electron chi connectivity index (χ4n) is 10.2.